The van der Waals surface area contributed by atoms with Gasteiger partial charge in [-0.2, -0.15) is 0 Å². The van der Waals surface area contributed by atoms with Crippen molar-refractivity contribution in [3.8, 4) is 0 Å². The molecule has 0 fully saturated rings. The predicted molar refractivity (Wildman–Crippen MR) is 109 cm³/mol. The van der Waals surface area contributed by atoms with Crippen LogP contribution in [0.15, 0.2) is 47.1 Å². The summed E-state index contributed by atoms with van der Waals surface area (Å²) >= 11 is 0. The molecule has 8 nitrogen and oxygen atoms in total. The van der Waals surface area contributed by atoms with Gasteiger partial charge >= 0.3 is 11.9 Å². The lowest BCUT2D eigenvalue weighted by atomic mass is 9.67. The maximum absolute atomic E-state index is 13.5. The van der Waals surface area contributed by atoms with Gasteiger partial charge in [-0.25, -0.2) is 9.59 Å². The number of para-hydroxylation sites is 1. The Balaban J connectivity index is 2.38. The lowest BCUT2D eigenvalue weighted by molar-refractivity contribution is -0.145. The number of hydrogen-bond acceptors (Lipinski definition) is 7. The minimum Gasteiger partial charge on any atom is -0.462 e. The van der Waals surface area contributed by atoms with Gasteiger partial charge < -0.3 is 25.3 Å². The van der Waals surface area contributed by atoms with Crippen LogP contribution in [0.3, 0.4) is 0 Å². The van der Waals surface area contributed by atoms with Crippen molar-refractivity contribution in [1.82, 2.24) is 0 Å². The average molecular weight is 414 g/mol. The molecule has 8 heteroatoms. The van der Waals surface area contributed by atoms with Gasteiger partial charge in [0.2, 0.25) is 11.8 Å². The lowest BCUT2D eigenvalue weighted by Gasteiger charge is -2.36. The van der Waals surface area contributed by atoms with E-state index in [-0.39, 0.29) is 29.4 Å². The normalized spacial score (nSPS) is 20.2. The van der Waals surface area contributed by atoms with Gasteiger partial charge in [0, 0.05) is 17.7 Å². The van der Waals surface area contributed by atoms with E-state index in [1.165, 1.54) is 0 Å². The monoisotopic (exact) mass is 414 g/mol. The summed E-state index contributed by atoms with van der Waals surface area (Å²) in [6, 6.07) is 6.84. The van der Waals surface area contributed by atoms with Gasteiger partial charge in [-0.15, -0.1) is 0 Å². The van der Waals surface area contributed by atoms with Crippen LogP contribution < -0.4 is 11.1 Å². The zero-order valence-corrected chi connectivity index (χ0v) is 17.5. The first-order chi connectivity index (χ1) is 14.3. The molecule has 3 N–H and O–H groups in total. The number of fused-ring (bicyclic) bond motifs is 2. The van der Waals surface area contributed by atoms with Crippen LogP contribution in [-0.4, -0.2) is 30.6 Å². The van der Waals surface area contributed by atoms with Crippen LogP contribution in [0.25, 0.3) is 0 Å². The summed E-state index contributed by atoms with van der Waals surface area (Å²) in [7, 11) is 0. The van der Waals surface area contributed by atoms with Gasteiger partial charge in [0.1, 0.15) is 22.3 Å². The number of carbonyl (C=O) groups is 3. The second-order valence-corrected chi connectivity index (χ2v) is 7.31. The van der Waals surface area contributed by atoms with E-state index in [9.17, 15) is 14.4 Å². The van der Waals surface area contributed by atoms with E-state index >= 15 is 0 Å². The van der Waals surface area contributed by atoms with E-state index in [0.29, 0.717) is 24.1 Å². The summed E-state index contributed by atoms with van der Waals surface area (Å²) in [6.07, 6.45) is 0.505. The fraction of sp³-hybridized carbons (Fsp3) is 0.409. The summed E-state index contributed by atoms with van der Waals surface area (Å²) < 4.78 is 16.4. The number of benzene rings is 1. The molecule has 0 radical (unpaired) electrons. The van der Waals surface area contributed by atoms with Gasteiger partial charge in [-0.05, 0) is 33.3 Å². The molecule has 1 spiro atoms. The average Bonchev–Trinajstić information content (AvgIpc) is 2.94. The lowest BCUT2D eigenvalue weighted by Crippen LogP contribution is -2.49. The summed E-state index contributed by atoms with van der Waals surface area (Å²) in [5.74, 6) is -2.20. The van der Waals surface area contributed by atoms with Crippen LogP contribution in [-0.2, 0) is 34.0 Å². The smallest absolute Gasteiger partial charge is 0.341 e. The zero-order valence-electron chi connectivity index (χ0n) is 17.5. The highest BCUT2D eigenvalue weighted by atomic mass is 16.6. The van der Waals surface area contributed by atoms with Gasteiger partial charge in [0.05, 0.1) is 12.7 Å². The van der Waals surface area contributed by atoms with Gasteiger partial charge in [-0.1, -0.05) is 25.1 Å². The van der Waals surface area contributed by atoms with E-state index in [0.717, 1.165) is 0 Å². The first-order valence-corrected chi connectivity index (χ1v) is 9.99. The highest BCUT2D eigenvalue weighted by Crippen LogP contribution is 2.53. The number of hydrogen-bond donors (Lipinski definition) is 2. The minimum absolute atomic E-state index is 0.0437. The van der Waals surface area contributed by atoms with Crippen molar-refractivity contribution in [1.29, 1.82) is 0 Å². The molecule has 0 saturated heterocycles. The number of anilines is 1. The van der Waals surface area contributed by atoms with Crippen molar-refractivity contribution in [3.05, 3.63) is 52.6 Å². The molecule has 1 aromatic rings. The summed E-state index contributed by atoms with van der Waals surface area (Å²) in [6.45, 7) is 7.00. The highest BCUT2D eigenvalue weighted by Gasteiger charge is 2.62. The topological polar surface area (TPSA) is 117 Å². The molecular weight excluding hydrogens is 388 g/mol. The van der Waals surface area contributed by atoms with Crippen LogP contribution in [0.5, 0.6) is 0 Å². The third-order valence-corrected chi connectivity index (χ3v) is 4.93. The van der Waals surface area contributed by atoms with Crippen LogP contribution in [0.4, 0.5) is 5.69 Å². The second-order valence-electron chi connectivity index (χ2n) is 7.31. The van der Waals surface area contributed by atoms with Crippen LogP contribution >= 0.6 is 0 Å². The van der Waals surface area contributed by atoms with Crippen molar-refractivity contribution in [2.75, 3.05) is 11.9 Å². The van der Waals surface area contributed by atoms with E-state index < -0.39 is 29.4 Å². The summed E-state index contributed by atoms with van der Waals surface area (Å²) in [5.41, 5.74) is 4.98. The van der Waals surface area contributed by atoms with E-state index in [2.05, 4.69) is 5.32 Å². The molecule has 0 bridgehead atoms. The number of nitrogens with two attached hydrogens (primary N) is 1. The molecule has 0 aliphatic carbocycles. The molecular formula is C22H26N2O6. The van der Waals surface area contributed by atoms with Crippen molar-refractivity contribution in [3.63, 3.8) is 0 Å². The third kappa shape index (κ3) is 3.22. The summed E-state index contributed by atoms with van der Waals surface area (Å²) in [5, 5.41) is 2.77. The van der Waals surface area contributed by atoms with Crippen molar-refractivity contribution in [2.24, 2.45) is 5.73 Å². The summed E-state index contributed by atoms with van der Waals surface area (Å²) in [4.78, 5) is 39.8. The van der Waals surface area contributed by atoms with Crippen molar-refractivity contribution >= 4 is 23.5 Å². The van der Waals surface area contributed by atoms with Gasteiger partial charge in [-0.3, -0.25) is 4.79 Å². The second kappa shape index (κ2) is 8.22. The van der Waals surface area contributed by atoms with Crippen LogP contribution in [0, 0.1) is 0 Å². The van der Waals surface area contributed by atoms with E-state index in [4.69, 9.17) is 19.9 Å². The minimum atomic E-state index is -1.82. The molecule has 160 valence electrons. The Morgan fingerprint density at radius 3 is 2.50 bits per heavy atom. The van der Waals surface area contributed by atoms with Gasteiger partial charge in [0.25, 0.3) is 0 Å². The van der Waals surface area contributed by atoms with E-state index in [1.807, 2.05) is 6.92 Å². The number of nitrogens with one attached hydrogen (secondary N) is 1. The number of ether oxygens (including phenoxy) is 3. The zero-order chi connectivity index (χ0) is 22.1. The Morgan fingerprint density at radius 2 is 1.87 bits per heavy atom. The maximum Gasteiger partial charge on any atom is 0.341 e. The molecule has 1 amide bonds. The third-order valence-electron chi connectivity index (χ3n) is 4.93. The maximum atomic E-state index is 13.5. The molecule has 2 heterocycles. The number of esters is 2. The Kier molecular flexibility index (Phi) is 5.87. The molecule has 1 atom stereocenters. The van der Waals surface area contributed by atoms with Gasteiger partial charge in [0.15, 0.2) is 0 Å². The number of allylic oxidation sites excluding steroid dienone is 1. The SMILES string of the molecule is CCCC1=C(C(=O)OC(C)C)[C@@]2(C(=O)Nc3ccccc32)C(C(=O)OCC)=C(N)O1. The molecule has 0 unspecified atom stereocenters. The van der Waals surface area contributed by atoms with Crippen molar-refractivity contribution in [2.45, 2.75) is 52.1 Å². The van der Waals surface area contributed by atoms with Crippen molar-refractivity contribution < 1.29 is 28.6 Å². The predicted octanol–water partition coefficient (Wildman–Crippen LogP) is 2.65. The standard InChI is InChI=1S/C22H26N2O6/c1-5-9-15-16(20(26)29-12(3)4)22(17(18(23)30-15)19(25)28-6-2)13-10-7-8-11-14(13)24-21(22)27/h7-8,10-12H,5-6,9,23H2,1-4H3,(H,24,27)/t22-/m1/s1. The van der Waals surface area contributed by atoms with E-state index in [1.54, 1.807) is 45.0 Å². The van der Waals surface area contributed by atoms with Crippen LogP contribution in [0.2, 0.25) is 0 Å². The Morgan fingerprint density at radius 1 is 1.17 bits per heavy atom. The number of carbonyl (C=O) groups excluding carboxylic acids is 3. The Labute approximate surface area is 175 Å². The number of amides is 1. The quantitative estimate of drug-likeness (QED) is 0.687. The number of rotatable bonds is 6. The molecule has 3 rings (SSSR count). The molecule has 30 heavy (non-hydrogen) atoms. The molecule has 1 aromatic carbocycles. The molecule has 0 aromatic heterocycles. The largest absolute Gasteiger partial charge is 0.462 e. The Bertz CT molecular complexity index is 962. The first-order valence-electron chi connectivity index (χ1n) is 9.99. The molecule has 0 saturated carbocycles. The molecule has 2 aliphatic rings. The fourth-order valence-corrected chi connectivity index (χ4v) is 3.91. The van der Waals surface area contributed by atoms with Crippen LogP contribution in [0.1, 0.15) is 46.1 Å². The Hall–Kier alpha value is -3.29. The highest BCUT2D eigenvalue weighted by molar-refractivity contribution is 6.21. The fourth-order valence-electron chi connectivity index (χ4n) is 3.91. The first kappa shape index (κ1) is 21.4. The molecule has 2 aliphatic heterocycles.